The van der Waals surface area contributed by atoms with Crippen LogP contribution in [0, 0.1) is 10.1 Å². The van der Waals surface area contributed by atoms with E-state index in [4.69, 9.17) is 14.6 Å². The number of carbonyl (C=O) groups is 1. The standard InChI is InChI=1S/C18H29N3O7S/c1-4-29-18-13(11-22)14(21(25)26)10-15(17(18)27-3)28-9-5-6-16(24)20-8-7-19-12(2)23/h10,12,19,22-23H,4-9,11H2,1-3H3,(H,20,24). The minimum absolute atomic E-state index is 0.156. The first kappa shape index (κ1) is 25.0. The Hall–Kier alpha value is -2.08. The first-order valence-corrected chi connectivity index (χ1v) is 10.3. The summed E-state index contributed by atoms with van der Waals surface area (Å²) >= 11 is 1.32. The molecule has 1 aromatic carbocycles. The van der Waals surface area contributed by atoms with E-state index in [1.54, 1.807) is 6.92 Å². The number of thioether (sulfide) groups is 1. The van der Waals surface area contributed by atoms with Crippen molar-refractivity contribution in [1.82, 2.24) is 10.6 Å². The first-order valence-electron chi connectivity index (χ1n) is 9.28. The van der Waals surface area contributed by atoms with Gasteiger partial charge < -0.3 is 25.0 Å². The van der Waals surface area contributed by atoms with Crippen LogP contribution in [0.3, 0.4) is 0 Å². The molecule has 1 aromatic rings. The molecule has 0 bridgehead atoms. The minimum atomic E-state index is -0.632. The average molecular weight is 432 g/mol. The summed E-state index contributed by atoms with van der Waals surface area (Å²) in [5.74, 6) is 1.01. The molecular formula is C18H29N3O7S. The first-order chi connectivity index (χ1) is 13.8. The maximum atomic E-state index is 11.8. The van der Waals surface area contributed by atoms with Gasteiger partial charge in [0.15, 0.2) is 11.5 Å². The Kier molecular flexibility index (Phi) is 11.4. The number of ether oxygens (including phenoxy) is 2. The van der Waals surface area contributed by atoms with Crippen molar-refractivity contribution < 1.29 is 29.4 Å². The molecule has 0 aromatic heterocycles. The number of nitrogens with one attached hydrogen (secondary N) is 2. The van der Waals surface area contributed by atoms with Gasteiger partial charge in [-0.3, -0.25) is 20.2 Å². The highest BCUT2D eigenvalue weighted by Crippen LogP contribution is 2.44. The number of nitro benzene ring substituents is 1. The summed E-state index contributed by atoms with van der Waals surface area (Å²) in [5, 5.41) is 35.5. The molecule has 0 spiro atoms. The van der Waals surface area contributed by atoms with E-state index < -0.39 is 17.8 Å². The maximum absolute atomic E-state index is 11.8. The van der Waals surface area contributed by atoms with Crippen molar-refractivity contribution in [2.24, 2.45) is 0 Å². The zero-order chi connectivity index (χ0) is 21.8. The van der Waals surface area contributed by atoms with Crippen LogP contribution in [0.5, 0.6) is 11.5 Å². The number of aliphatic hydroxyl groups is 2. The fourth-order valence-corrected chi connectivity index (χ4v) is 3.49. The molecule has 0 aliphatic heterocycles. The van der Waals surface area contributed by atoms with Crippen molar-refractivity contribution in [2.45, 2.75) is 44.4 Å². The minimum Gasteiger partial charge on any atom is -0.492 e. The molecular weight excluding hydrogens is 402 g/mol. The molecule has 164 valence electrons. The number of nitro groups is 1. The number of hydrogen-bond donors (Lipinski definition) is 4. The number of carbonyl (C=O) groups excluding carboxylic acids is 1. The second kappa shape index (κ2) is 13.2. The van der Waals surface area contributed by atoms with Crippen LogP contribution < -0.4 is 20.1 Å². The molecule has 0 radical (unpaired) electrons. The monoisotopic (exact) mass is 431 g/mol. The Morgan fingerprint density at radius 3 is 2.69 bits per heavy atom. The Bertz CT molecular complexity index is 686. The third kappa shape index (κ3) is 8.05. The van der Waals surface area contributed by atoms with Gasteiger partial charge in [-0.1, -0.05) is 6.92 Å². The smallest absolute Gasteiger partial charge is 0.280 e. The molecule has 0 aliphatic rings. The van der Waals surface area contributed by atoms with Crippen LogP contribution in [-0.4, -0.2) is 59.8 Å². The van der Waals surface area contributed by atoms with Crippen LogP contribution >= 0.6 is 11.8 Å². The van der Waals surface area contributed by atoms with Gasteiger partial charge in [0.1, 0.15) is 6.23 Å². The summed E-state index contributed by atoms with van der Waals surface area (Å²) in [7, 11) is 1.43. The van der Waals surface area contributed by atoms with Crippen molar-refractivity contribution in [2.75, 3.05) is 32.6 Å². The van der Waals surface area contributed by atoms with Crippen molar-refractivity contribution in [1.29, 1.82) is 0 Å². The summed E-state index contributed by atoms with van der Waals surface area (Å²) < 4.78 is 11.0. The molecule has 1 amide bonds. The maximum Gasteiger partial charge on any atom is 0.280 e. The molecule has 0 saturated heterocycles. The summed E-state index contributed by atoms with van der Waals surface area (Å²) in [4.78, 5) is 23.1. The van der Waals surface area contributed by atoms with E-state index in [-0.39, 0.29) is 35.9 Å². The van der Waals surface area contributed by atoms with E-state index in [2.05, 4.69) is 10.6 Å². The van der Waals surface area contributed by atoms with Crippen molar-refractivity contribution >= 4 is 23.4 Å². The molecule has 11 heteroatoms. The van der Waals surface area contributed by atoms with Gasteiger partial charge in [-0.05, 0) is 19.1 Å². The SMILES string of the molecule is CCSc1c(CO)c([N+](=O)[O-])cc(OCCCC(=O)NCCNC(C)O)c1OC. The largest absolute Gasteiger partial charge is 0.492 e. The lowest BCUT2D eigenvalue weighted by Crippen LogP contribution is -2.35. The molecule has 1 atom stereocenters. The van der Waals surface area contributed by atoms with Gasteiger partial charge >= 0.3 is 0 Å². The highest BCUT2D eigenvalue weighted by Gasteiger charge is 2.26. The highest BCUT2D eigenvalue weighted by molar-refractivity contribution is 7.99. The lowest BCUT2D eigenvalue weighted by atomic mass is 10.1. The Balaban J connectivity index is 2.73. The number of hydrogen-bond acceptors (Lipinski definition) is 9. The topological polar surface area (TPSA) is 143 Å². The number of amides is 1. The quantitative estimate of drug-likeness (QED) is 0.113. The van der Waals surface area contributed by atoms with Gasteiger partial charge in [-0.2, -0.15) is 0 Å². The second-order valence-electron chi connectivity index (χ2n) is 6.02. The number of benzene rings is 1. The third-order valence-electron chi connectivity index (χ3n) is 3.82. The Morgan fingerprint density at radius 2 is 2.14 bits per heavy atom. The molecule has 0 heterocycles. The Labute approximate surface area is 174 Å². The molecule has 0 saturated carbocycles. The lowest BCUT2D eigenvalue weighted by Gasteiger charge is -2.17. The summed E-state index contributed by atoms with van der Waals surface area (Å²) in [6.45, 7) is 4.01. The fourth-order valence-electron chi connectivity index (χ4n) is 2.54. The summed E-state index contributed by atoms with van der Waals surface area (Å²) in [5.41, 5.74) is -0.0427. The van der Waals surface area contributed by atoms with Gasteiger partial charge in [0.25, 0.3) is 5.69 Å². The predicted octanol–water partition coefficient (Wildman–Crippen LogP) is 1.41. The van der Waals surface area contributed by atoms with Gasteiger partial charge in [0, 0.05) is 19.5 Å². The number of methoxy groups -OCH3 is 1. The number of rotatable bonds is 14. The fraction of sp³-hybridized carbons (Fsp3) is 0.611. The van der Waals surface area contributed by atoms with E-state index in [0.29, 0.717) is 35.9 Å². The van der Waals surface area contributed by atoms with Crippen molar-refractivity contribution in [3.63, 3.8) is 0 Å². The van der Waals surface area contributed by atoms with Crippen molar-refractivity contribution in [3.05, 3.63) is 21.7 Å². The average Bonchev–Trinajstić information content (AvgIpc) is 2.68. The van der Waals surface area contributed by atoms with E-state index in [9.17, 15) is 20.0 Å². The van der Waals surface area contributed by atoms with Gasteiger partial charge in [-0.15, -0.1) is 11.8 Å². The summed E-state index contributed by atoms with van der Waals surface area (Å²) in [6, 6.07) is 1.24. The molecule has 4 N–H and O–H groups in total. The van der Waals surface area contributed by atoms with Crippen LogP contribution in [0.2, 0.25) is 0 Å². The van der Waals surface area contributed by atoms with Gasteiger partial charge in [-0.25, -0.2) is 0 Å². The lowest BCUT2D eigenvalue weighted by molar-refractivity contribution is -0.386. The Morgan fingerprint density at radius 1 is 1.41 bits per heavy atom. The second-order valence-corrected chi connectivity index (χ2v) is 7.29. The molecule has 1 rings (SSSR count). The van der Waals surface area contributed by atoms with Gasteiger partial charge in [0.05, 0.1) is 41.8 Å². The highest BCUT2D eigenvalue weighted by atomic mass is 32.2. The number of aliphatic hydroxyl groups excluding tert-OH is 2. The van der Waals surface area contributed by atoms with Crippen molar-refractivity contribution in [3.8, 4) is 11.5 Å². The normalized spacial score (nSPS) is 11.8. The van der Waals surface area contributed by atoms with Crippen LogP contribution in [-0.2, 0) is 11.4 Å². The van der Waals surface area contributed by atoms with Crippen LogP contribution in [0.25, 0.3) is 0 Å². The van der Waals surface area contributed by atoms with Crippen LogP contribution in [0.4, 0.5) is 5.69 Å². The molecule has 1 unspecified atom stereocenters. The van der Waals surface area contributed by atoms with Gasteiger partial charge in [0.2, 0.25) is 5.91 Å². The third-order valence-corrected chi connectivity index (χ3v) is 4.83. The zero-order valence-corrected chi connectivity index (χ0v) is 17.7. The van der Waals surface area contributed by atoms with E-state index in [1.165, 1.54) is 24.9 Å². The molecule has 29 heavy (non-hydrogen) atoms. The predicted molar refractivity (Wildman–Crippen MR) is 109 cm³/mol. The van der Waals surface area contributed by atoms with Crippen LogP contribution in [0.15, 0.2) is 11.0 Å². The van der Waals surface area contributed by atoms with E-state index in [0.717, 1.165) is 0 Å². The molecule has 0 aliphatic carbocycles. The van der Waals surface area contributed by atoms with E-state index >= 15 is 0 Å². The summed E-state index contributed by atoms with van der Waals surface area (Å²) in [6.07, 6.45) is 0.00182. The van der Waals surface area contributed by atoms with E-state index in [1.807, 2.05) is 6.92 Å². The molecule has 10 nitrogen and oxygen atoms in total. The number of nitrogens with zero attached hydrogens (tertiary/aromatic N) is 1. The zero-order valence-electron chi connectivity index (χ0n) is 16.9. The molecule has 0 fully saturated rings. The van der Waals surface area contributed by atoms with Crippen LogP contribution in [0.1, 0.15) is 32.3 Å².